The van der Waals surface area contributed by atoms with Crippen molar-refractivity contribution >= 4 is 38.7 Å². The van der Waals surface area contributed by atoms with Crippen LogP contribution in [-0.4, -0.2) is 76.5 Å². The van der Waals surface area contributed by atoms with E-state index in [0.717, 1.165) is 55.0 Å². The summed E-state index contributed by atoms with van der Waals surface area (Å²) in [7, 11) is 4.70. The number of morpholine rings is 1. The molecule has 2 heterocycles. The number of anilines is 1. The molecule has 9 heteroatoms. The van der Waals surface area contributed by atoms with Crippen LogP contribution in [0.3, 0.4) is 0 Å². The molecule has 0 saturated carbocycles. The Labute approximate surface area is 216 Å². The zero-order chi connectivity index (χ0) is 25.5. The molecule has 1 amide bonds. The highest BCUT2D eigenvalue weighted by Crippen LogP contribution is 2.38. The van der Waals surface area contributed by atoms with Crippen molar-refractivity contribution in [3.05, 3.63) is 47.5 Å². The van der Waals surface area contributed by atoms with Crippen LogP contribution in [0.4, 0.5) is 5.13 Å². The fraction of sp³-hybridized carbons (Fsp3) is 0.407. The van der Waals surface area contributed by atoms with E-state index in [2.05, 4.69) is 17.9 Å². The first-order valence-electron chi connectivity index (χ1n) is 12.0. The van der Waals surface area contributed by atoms with Crippen molar-refractivity contribution in [2.75, 3.05) is 65.6 Å². The van der Waals surface area contributed by atoms with E-state index in [4.69, 9.17) is 23.9 Å². The molecule has 0 unspecified atom stereocenters. The van der Waals surface area contributed by atoms with E-state index < -0.39 is 0 Å². The third-order valence-corrected chi connectivity index (χ3v) is 7.14. The van der Waals surface area contributed by atoms with E-state index in [1.54, 1.807) is 49.7 Å². The maximum Gasteiger partial charge on any atom is 0.252 e. The third kappa shape index (κ3) is 6.16. The zero-order valence-electron chi connectivity index (χ0n) is 21.3. The Balaban J connectivity index is 1.56. The molecular weight excluding hydrogens is 478 g/mol. The molecule has 36 heavy (non-hydrogen) atoms. The van der Waals surface area contributed by atoms with Gasteiger partial charge in [-0.15, -0.1) is 0 Å². The number of fused-ring (bicyclic) bond motifs is 1. The van der Waals surface area contributed by atoms with Crippen molar-refractivity contribution < 1.29 is 23.7 Å². The maximum absolute atomic E-state index is 13.5. The molecule has 0 bridgehead atoms. The monoisotopic (exact) mass is 511 g/mol. The molecule has 0 spiro atoms. The summed E-state index contributed by atoms with van der Waals surface area (Å²) in [6, 6.07) is 9.79. The summed E-state index contributed by atoms with van der Waals surface area (Å²) in [5.41, 5.74) is 2.84. The highest BCUT2D eigenvalue weighted by Gasteiger charge is 2.19. The van der Waals surface area contributed by atoms with Crippen LogP contribution in [0.15, 0.2) is 36.4 Å². The first kappa shape index (κ1) is 25.9. The average Bonchev–Trinajstić information content (AvgIpc) is 3.32. The fourth-order valence-electron chi connectivity index (χ4n) is 4.17. The second-order valence-electron chi connectivity index (χ2n) is 8.56. The lowest BCUT2D eigenvalue weighted by Crippen LogP contribution is -2.39. The van der Waals surface area contributed by atoms with E-state index >= 15 is 0 Å². The summed E-state index contributed by atoms with van der Waals surface area (Å²) in [4.78, 5) is 22.4. The first-order valence-corrected chi connectivity index (χ1v) is 12.8. The molecular formula is C27H33N3O5S. The number of benzene rings is 2. The van der Waals surface area contributed by atoms with E-state index in [1.165, 1.54) is 5.56 Å². The number of carbonyl (C=O) groups excluding carboxylic acids is 1. The van der Waals surface area contributed by atoms with Gasteiger partial charge in [0.05, 0.1) is 44.8 Å². The van der Waals surface area contributed by atoms with Gasteiger partial charge in [-0.25, -0.2) is 4.98 Å². The third-order valence-electron chi connectivity index (χ3n) is 6.09. The van der Waals surface area contributed by atoms with Gasteiger partial charge in [0, 0.05) is 32.3 Å². The summed E-state index contributed by atoms with van der Waals surface area (Å²) in [6.07, 6.45) is 4.19. The number of aryl methyl sites for hydroxylation is 1. The summed E-state index contributed by atoms with van der Waals surface area (Å²) in [6.45, 7) is 6.92. The van der Waals surface area contributed by atoms with Gasteiger partial charge in [0.25, 0.3) is 5.91 Å². The second-order valence-corrected chi connectivity index (χ2v) is 9.57. The number of methoxy groups -OCH3 is 3. The lowest BCUT2D eigenvalue weighted by molar-refractivity contribution is -0.114. The number of thiazole rings is 1. The molecule has 3 aromatic rings. The number of aromatic nitrogens is 1. The highest BCUT2D eigenvalue weighted by atomic mass is 32.1. The summed E-state index contributed by atoms with van der Waals surface area (Å²) < 4.78 is 22.8. The average molecular weight is 512 g/mol. The normalized spacial score (nSPS) is 14.3. The number of hydrogen-bond acceptors (Lipinski definition) is 8. The highest BCUT2D eigenvalue weighted by molar-refractivity contribution is 7.22. The molecule has 4 rings (SSSR count). The van der Waals surface area contributed by atoms with Gasteiger partial charge in [-0.2, -0.15) is 0 Å². The lowest BCUT2D eigenvalue weighted by atomic mass is 10.1. The van der Waals surface area contributed by atoms with E-state index in [-0.39, 0.29) is 5.91 Å². The number of carbonyl (C=O) groups is 1. The van der Waals surface area contributed by atoms with Gasteiger partial charge in [0.15, 0.2) is 16.6 Å². The minimum absolute atomic E-state index is 0.124. The van der Waals surface area contributed by atoms with Crippen molar-refractivity contribution in [2.24, 2.45) is 0 Å². The van der Waals surface area contributed by atoms with Crippen LogP contribution in [0.1, 0.15) is 17.5 Å². The molecule has 0 aliphatic carbocycles. The molecule has 192 valence electrons. The van der Waals surface area contributed by atoms with Gasteiger partial charge < -0.3 is 18.9 Å². The Morgan fingerprint density at radius 2 is 1.83 bits per heavy atom. The first-order chi connectivity index (χ1) is 17.5. The molecule has 1 fully saturated rings. The quantitative estimate of drug-likeness (QED) is 0.374. The second kappa shape index (κ2) is 12.2. The maximum atomic E-state index is 13.5. The van der Waals surface area contributed by atoms with E-state index in [9.17, 15) is 4.79 Å². The van der Waals surface area contributed by atoms with E-state index in [1.807, 2.05) is 24.3 Å². The van der Waals surface area contributed by atoms with Crippen molar-refractivity contribution in [1.29, 1.82) is 0 Å². The SMILES string of the molecule is COc1cc(/C=C/C(=O)N(CCCN2CCOCC2)c2nc3ccc(C)cc3s2)cc(OC)c1OC. The van der Waals surface area contributed by atoms with E-state index in [0.29, 0.717) is 28.9 Å². The smallest absolute Gasteiger partial charge is 0.252 e. The van der Waals surface area contributed by atoms with Crippen molar-refractivity contribution in [3.63, 3.8) is 0 Å². The predicted molar refractivity (Wildman–Crippen MR) is 144 cm³/mol. The minimum Gasteiger partial charge on any atom is -0.493 e. The molecule has 2 aromatic carbocycles. The van der Waals surface area contributed by atoms with Gasteiger partial charge in [-0.05, 0) is 54.8 Å². The molecule has 0 atom stereocenters. The fourth-order valence-corrected chi connectivity index (χ4v) is 5.26. The van der Waals surface area contributed by atoms with Crippen LogP contribution in [-0.2, 0) is 9.53 Å². The Hall–Kier alpha value is -3.14. The Morgan fingerprint density at radius 3 is 2.50 bits per heavy atom. The van der Waals surface area contributed by atoms with Crippen LogP contribution in [0, 0.1) is 6.92 Å². The number of ether oxygens (including phenoxy) is 4. The van der Waals surface area contributed by atoms with Gasteiger partial charge in [0.1, 0.15) is 0 Å². The summed E-state index contributed by atoms with van der Waals surface area (Å²) >= 11 is 1.54. The standard InChI is InChI=1S/C27H33N3O5S/c1-19-6-8-21-24(16-19)36-27(28-21)30(11-5-10-29-12-14-35-15-13-29)25(31)9-7-20-17-22(32-2)26(34-4)23(18-20)33-3/h6-9,16-18H,5,10-15H2,1-4H3/b9-7+. The Morgan fingerprint density at radius 1 is 1.11 bits per heavy atom. The van der Waals surface area contributed by atoms with Gasteiger partial charge in [0.2, 0.25) is 5.75 Å². The topological polar surface area (TPSA) is 73.4 Å². The number of nitrogens with zero attached hydrogens (tertiary/aromatic N) is 3. The Bertz CT molecular complexity index is 1190. The van der Waals surface area contributed by atoms with Crippen LogP contribution >= 0.6 is 11.3 Å². The molecule has 1 aromatic heterocycles. The van der Waals surface area contributed by atoms with Crippen molar-refractivity contribution in [2.45, 2.75) is 13.3 Å². The van der Waals surface area contributed by atoms with Gasteiger partial charge in [-0.3, -0.25) is 14.6 Å². The summed E-state index contributed by atoms with van der Waals surface area (Å²) in [5.74, 6) is 1.46. The van der Waals surface area contributed by atoms with Crippen LogP contribution in [0.5, 0.6) is 17.2 Å². The largest absolute Gasteiger partial charge is 0.493 e. The molecule has 1 aliphatic heterocycles. The zero-order valence-corrected chi connectivity index (χ0v) is 22.1. The molecule has 0 radical (unpaired) electrons. The lowest BCUT2D eigenvalue weighted by Gasteiger charge is -2.27. The van der Waals surface area contributed by atoms with Crippen LogP contribution < -0.4 is 19.1 Å². The molecule has 0 N–H and O–H groups in total. The molecule has 1 saturated heterocycles. The van der Waals surface area contributed by atoms with Crippen LogP contribution in [0.2, 0.25) is 0 Å². The minimum atomic E-state index is -0.124. The summed E-state index contributed by atoms with van der Waals surface area (Å²) in [5, 5.41) is 0.706. The molecule has 8 nitrogen and oxygen atoms in total. The number of hydrogen-bond donors (Lipinski definition) is 0. The van der Waals surface area contributed by atoms with Crippen LogP contribution in [0.25, 0.3) is 16.3 Å². The molecule has 1 aliphatic rings. The van der Waals surface area contributed by atoms with Gasteiger partial charge >= 0.3 is 0 Å². The van der Waals surface area contributed by atoms with Crippen molar-refractivity contribution in [1.82, 2.24) is 9.88 Å². The van der Waals surface area contributed by atoms with Gasteiger partial charge in [-0.1, -0.05) is 17.4 Å². The Kier molecular flexibility index (Phi) is 8.79. The number of amides is 1. The van der Waals surface area contributed by atoms with Crippen molar-refractivity contribution in [3.8, 4) is 17.2 Å². The number of rotatable bonds is 10. The predicted octanol–water partition coefficient (Wildman–Crippen LogP) is 4.40.